The number of benzene rings is 3. The molecule has 1 saturated heterocycles. The molecular formula is C28H30ClN5O. The standard InChI is InChI=1S/C28H30ClN5O/c1-20-5-2-8-25-26(20)32-27(31-25)21-9-11-22(12-10-21)28(35)30-13-4-14-33-15-17-34(18-16-33)24-7-3-6-23(29)19-24/h2-3,5-12,19H,4,13-18H2,1H3,(H,30,35)(H,31,32). The molecule has 1 fully saturated rings. The largest absolute Gasteiger partial charge is 0.369 e. The van der Waals surface area contributed by atoms with Gasteiger partial charge in [-0.15, -0.1) is 0 Å². The lowest BCUT2D eigenvalue weighted by Crippen LogP contribution is -2.47. The molecule has 1 aromatic heterocycles. The van der Waals surface area contributed by atoms with Crippen molar-refractivity contribution in [3.05, 3.63) is 82.9 Å². The zero-order valence-corrected chi connectivity index (χ0v) is 20.7. The molecule has 0 saturated carbocycles. The Morgan fingerprint density at radius 2 is 1.80 bits per heavy atom. The minimum Gasteiger partial charge on any atom is -0.369 e. The van der Waals surface area contributed by atoms with E-state index in [1.165, 1.54) is 5.69 Å². The van der Waals surface area contributed by atoms with Crippen molar-refractivity contribution in [2.45, 2.75) is 13.3 Å². The van der Waals surface area contributed by atoms with Gasteiger partial charge >= 0.3 is 0 Å². The van der Waals surface area contributed by atoms with Gasteiger partial charge in [-0.1, -0.05) is 41.9 Å². The molecule has 0 unspecified atom stereocenters. The molecule has 6 nitrogen and oxygen atoms in total. The summed E-state index contributed by atoms with van der Waals surface area (Å²) in [7, 11) is 0. The lowest BCUT2D eigenvalue weighted by molar-refractivity contribution is 0.0951. The van der Waals surface area contributed by atoms with Gasteiger partial charge in [0.2, 0.25) is 0 Å². The van der Waals surface area contributed by atoms with E-state index in [0.29, 0.717) is 12.1 Å². The van der Waals surface area contributed by atoms with Crippen LogP contribution in [0.5, 0.6) is 0 Å². The number of halogens is 1. The molecule has 7 heteroatoms. The van der Waals surface area contributed by atoms with E-state index in [1.54, 1.807) is 0 Å². The molecule has 0 radical (unpaired) electrons. The molecule has 0 aliphatic carbocycles. The van der Waals surface area contributed by atoms with E-state index in [-0.39, 0.29) is 5.91 Å². The number of hydrogen-bond acceptors (Lipinski definition) is 4. The lowest BCUT2D eigenvalue weighted by Gasteiger charge is -2.36. The Balaban J connectivity index is 1.07. The van der Waals surface area contributed by atoms with Crippen LogP contribution in [-0.2, 0) is 0 Å². The maximum Gasteiger partial charge on any atom is 0.251 e. The number of H-pyrrole nitrogens is 1. The topological polar surface area (TPSA) is 64.3 Å². The summed E-state index contributed by atoms with van der Waals surface area (Å²) >= 11 is 6.13. The summed E-state index contributed by atoms with van der Waals surface area (Å²) in [5.74, 6) is 0.777. The molecule has 5 rings (SSSR count). The Labute approximate surface area is 210 Å². The molecule has 2 heterocycles. The molecule has 1 aliphatic rings. The first-order valence-corrected chi connectivity index (χ1v) is 12.5. The third kappa shape index (κ3) is 5.50. The number of imidazole rings is 1. The first-order chi connectivity index (χ1) is 17.1. The zero-order chi connectivity index (χ0) is 24.2. The molecule has 1 aliphatic heterocycles. The average molecular weight is 488 g/mol. The second kappa shape index (κ2) is 10.5. The van der Waals surface area contributed by atoms with E-state index >= 15 is 0 Å². The van der Waals surface area contributed by atoms with Crippen molar-refractivity contribution >= 4 is 34.2 Å². The van der Waals surface area contributed by atoms with Crippen LogP contribution < -0.4 is 10.2 Å². The minimum atomic E-state index is -0.0391. The highest BCUT2D eigenvalue weighted by Gasteiger charge is 2.17. The van der Waals surface area contributed by atoms with E-state index in [4.69, 9.17) is 16.6 Å². The van der Waals surface area contributed by atoms with Crippen LogP contribution in [-0.4, -0.2) is 60.0 Å². The van der Waals surface area contributed by atoms with Gasteiger partial charge in [0.05, 0.1) is 11.0 Å². The maximum absolute atomic E-state index is 12.6. The highest BCUT2D eigenvalue weighted by molar-refractivity contribution is 6.30. The van der Waals surface area contributed by atoms with Crippen molar-refractivity contribution in [2.75, 3.05) is 44.2 Å². The first kappa shape index (κ1) is 23.4. The number of nitrogens with one attached hydrogen (secondary N) is 2. The molecule has 0 spiro atoms. The molecule has 0 bridgehead atoms. The monoisotopic (exact) mass is 487 g/mol. The normalized spacial score (nSPS) is 14.4. The van der Waals surface area contributed by atoms with Gasteiger partial charge in [0.15, 0.2) is 0 Å². The quantitative estimate of drug-likeness (QED) is 0.354. The van der Waals surface area contributed by atoms with E-state index in [0.717, 1.165) is 72.2 Å². The predicted molar refractivity (Wildman–Crippen MR) is 143 cm³/mol. The number of piperazine rings is 1. The number of fused-ring (bicyclic) bond motifs is 1. The molecule has 3 aromatic carbocycles. The van der Waals surface area contributed by atoms with Crippen LogP contribution in [0.25, 0.3) is 22.4 Å². The second-order valence-electron chi connectivity index (χ2n) is 9.05. The smallest absolute Gasteiger partial charge is 0.251 e. The predicted octanol–water partition coefficient (Wildman–Crippen LogP) is 5.13. The Bertz CT molecular complexity index is 1310. The first-order valence-electron chi connectivity index (χ1n) is 12.1. The highest BCUT2D eigenvalue weighted by atomic mass is 35.5. The van der Waals surface area contributed by atoms with Crippen LogP contribution in [0.3, 0.4) is 0 Å². The van der Waals surface area contributed by atoms with Gasteiger partial charge in [-0.2, -0.15) is 0 Å². The molecule has 0 atom stereocenters. The van der Waals surface area contributed by atoms with E-state index < -0.39 is 0 Å². The number of nitrogens with zero attached hydrogens (tertiary/aromatic N) is 3. The molecular weight excluding hydrogens is 458 g/mol. The second-order valence-corrected chi connectivity index (χ2v) is 9.49. The van der Waals surface area contributed by atoms with Crippen LogP contribution in [0.15, 0.2) is 66.7 Å². The SMILES string of the molecule is Cc1cccc2[nH]c(-c3ccc(C(=O)NCCCN4CCN(c5cccc(Cl)c5)CC4)cc3)nc12. The third-order valence-corrected chi connectivity index (χ3v) is 6.85. The summed E-state index contributed by atoms with van der Waals surface area (Å²) in [5, 5.41) is 3.83. The Hall–Kier alpha value is -3.35. The summed E-state index contributed by atoms with van der Waals surface area (Å²) in [5.41, 5.74) is 5.96. The lowest BCUT2D eigenvalue weighted by atomic mass is 10.1. The number of carbonyl (C=O) groups is 1. The van der Waals surface area contributed by atoms with Crippen LogP contribution in [0.1, 0.15) is 22.3 Å². The van der Waals surface area contributed by atoms with E-state index in [2.05, 4.69) is 39.2 Å². The highest BCUT2D eigenvalue weighted by Crippen LogP contribution is 2.23. The van der Waals surface area contributed by atoms with Crippen molar-refractivity contribution in [3.63, 3.8) is 0 Å². The number of anilines is 1. The maximum atomic E-state index is 12.6. The van der Waals surface area contributed by atoms with Gasteiger partial charge < -0.3 is 15.2 Å². The number of hydrogen-bond donors (Lipinski definition) is 2. The van der Waals surface area contributed by atoms with Crippen molar-refractivity contribution in [3.8, 4) is 11.4 Å². The molecule has 1 amide bonds. The molecule has 35 heavy (non-hydrogen) atoms. The van der Waals surface area contributed by atoms with Gasteiger partial charge in [0.25, 0.3) is 5.91 Å². The number of aromatic amines is 1. The van der Waals surface area contributed by atoms with E-state index in [1.807, 2.05) is 54.6 Å². The van der Waals surface area contributed by atoms with Crippen molar-refractivity contribution < 1.29 is 4.79 Å². The fourth-order valence-electron chi connectivity index (χ4n) is 4.60. The third-order valence-electron chi connectivity index (χ3n) is 6.62. The summed E-state index contributed by atoms with van der Waals surface area (Å²) in [6, 6.07) is 21.8. The van der Waals surface area contributed by atoms with Crippen LogP contribution in [0, 0.1) is 6.92 Å². The summed E-state index contributed by atoms with van der Waals surface area (Å²) in [6.45, 7) is 7.72. The molecule has 4 aromatic rings. The average Bonchev–Trinajstić information content (AvgIpc) is 3.33. The summed E-state index contributed by atoms with van der Waals surface area (Å²) < 4.78 is 0. The number of aryl methyl sites for hydroxylation is 1. The van der Waals surface area contributed by atoms with Gasteiger partial charge in [-0.3, -0.25) is 9.69 Å². The number of amides is 1. The van der Waals surface area contributed by atoms with Gasteiger partial charge in [-0.05, 0) is 61.9 Å². The van der Waals surface area contributed by atoms with Crippen LogP contribution in [0.4, 0.5) is 5.69 Å². The molecule has 2 N–H and O–H groups in total. The Morgan fingerprint density at radius 3 is 2.54 bits per heavy atom. The Morgan fingerprint density at radius 1 is 1.03 bits per heavy atom. The fraction of sp³-hybridized carbons (Fsp3) is 0.286. The number of aromatic nitrogens is 2. The van der Waals surface area contributed by atoms with Crippen molar-refractivity contribution in [1.82, 2.24) is 20.2 Å². The summed E-state index contributed by atoms with van der Waals surface area (Å²) in [6.07, 6.45) is 0.930. The van der Waals surface area contributed by atoms with Crippen LogP contribution in [0.2, 0.25) is 5.02 Å². The Kier molecular flexibility index (Phi) is 7.02. The molecule has 180 valence electrons. The number of carbonyl (C=O) groups excluding carboxylic acids is 1. The van der Waals surface area contributed by atoms with Gasteiger partial charge in [-0.25, -0.2) is 4.98 Å². The number of rotatable bonds is 7. The minimum absolute atomic E-state index is 0.0391. The van der Waals surface area contributed by atoms with Crippen molar-refractivity contribution in [1.29, 1.82) is 0 Å². The van der Waals surface area contributed by atoms with Gasteiger partial charge in [0.1, 0.15) is 5.82 Å². The zero-order valence-electron chi connectivity index (χ0n) is 19.9. The van der Waals surface area contributed by atoms with E-state index in [9.17, 15) is 4.79 Å². The van der Waals surface area contributed by atoms with Crippen LogP contribution >= 0.6 is 11.6 Å². The fourth-order valence-corrected chi connectivity index (χ4v) is 4.79. The number of para-hydroxylation sites is 1. The summed E-state index contributed by atoms with van der Waals surface area (Å²) in [4.78, 5) is 25.5. The van der Waals surface area contributed by atoms with Crippen molar-refractivity contribution in [2.24, 2.45) is 0 Å². The van der Waals surface area contributed by atoms with Gasteiger partial charge in [0, 0.05) is 54.6 Å².